The number of hydrogen-bond acceptors (Lipinski definition) is 7. The van der Waals surface area contributed by atoms with E-state index in [1.54, 1.807) is 24.4 Å². The molecule has 4 rings (SSSR count). The van der Waals surface area contributed by atoms with Gasteiger partial charge in [0.1, 0.15) is 16.1 Å². The highest BCUT2D eigenvalue weighted by Crippen LogP contribution is 2.32. The first-order valence-electron chi connectivity index (χ1n) is 13.6. The minimum atomic E-state index is -4.50. The first-order chi connectivity index (χ1) is 20.7. The second-order valence-electron chi connectivity index (χ2n) is 10.6. The molecule has 0 unspecified atom stereocenters. The fourth-order valence-electron chi connectivity index (χ4n) is 4.65. The molecule has 0 aliphatic carbocycles. The third-order valence-corrected chi connectivity index (χ3v) is 9.97. The first-order valence-corrected chi connectivity index (χ1v) is 16.0. The number of nitrogens with zero attached hydrogens (tertiary/aromatic N) is 2. The number of likely N-dealkylation sites (N-methyl/N-ethyl adjacent to an activating group) is 1. The van der Waals surface area contributed by atoms with E-state index in [4.69, 9.17) is 4.74 Å². The second-order valence-corrected chi connectivity index (χ2v) is 13.5. The van der Waals surface area contributed by atoms with Gasteiger partial charge < -0.3 is 25.0 Å². The normalized spacial score (nSPS) is 18.2. The number of fused-ring (bicyclic) bond motifs is 1. The van der Waals surface area contributed by atoms with Crippen LogP contribution in [0.3, 0.4) is 0 Å². The number of urea groups is 1. The molecule has 0 saturated heterocycles. The van der Waals surface area contributed by atoms with Gasteiger partial charge in [0, 0.05) is 36.4 Å². The van der Waals surface area contributed by atoms with E-state index in [-0.39, 0.29) is 53.5 Å². The Balaban J connectivity index is 1.58. The Morgan fingerprint density at radius 1 is 1.18 bits per heavy atom. The van der Waals surface area contributed by atoms with Crippen LogP contribution in [0.25, 0.3) is 0 Å². The number of nitrogens with one attached hydrogen (secondary N) is 2. The second kappa shape index (κ2) is 13.4. The number of benzene rings is 2. The van der Waals surface area contributed by atoms with Crippen LogP contribution >= 0.6 is 11.3 Å². The van der Waals surface area contributed by atoms with Gasteiger partial charge in [0.25, 0.3) is 10.0 Å². The molecule has 1 aliphatic rings. The minimum absolute atomic E-state index is 0.0371. The molecule has 44 heavy (non-hydrogen) atoms. The number of rotatable bonds is 8. The predicted molar refractivity (Wildman–Crippen MR) is 160 cm³/mol. The largest absolute Gasteiger partial charge is 0.488 e. The lowest BCUT2D eigenvalue weighted by Crippen LogP contribution is -2.48. The van der Waals surface area contributed by atoms with Crippen LogP contribution in [0, 0.1) is 5.92 Å². The Morgan fingerprint density at radius 2 is 1.86 bits per heavy atom. The van der Waals surface area contributed by atoms with Crippen molar-refractivity contribution in [2.45, 2.75) is 42.8 Å². The Bertz CT molecular complexity index is 1570. The molecular formula is C29H33F3N4O6S2. The van der Waals surface area contributed by atoms with Crippen LogP contribution in [-0.2, 0) is 27.4 Å². The quantitative estimate of drug-likeness (QED) is 0.318. The number of carbonyl (C=O) groups excluding carboxylic acids is 2. The minimum Gasteiger partial charge on any atom is -0.488 e. The van der Waals surface area contributed by atoms with Crippen molar-refractivity contribution >= 4 is 44.7 Å². The summed E-state index contributed by atoms with van der Waals surface area (Å²) in [5.41, 5.74) is -0.0246. The van der Waals surface area contributed by atoms with E-state index in [1.807, 2.05) is 6.92 Å². The number of aliphatic hydroxyl groups is 1. The van der Waals surface area contributed by atoms with Gasteiger partial charge in [0.05, 0.1) is 31.2 Å². The summed E-state index contributed by atoms with van der Waals surface area (Å²) in [6.45, 7) is 3.49. The molecule has 0 spiro atoms. The van der Waals surface area contributed by atoms with Gasteiger partial charge >= 0.3 is 12.2 Å². The van der Waals surface area contributed by atoms with E-state index in [0.717, 1.165) is 35.6 Å². The Labute approximate surface area is 257 Å². The number of alkyl halides is 3. The number of aliphatic hydroxyl groups excluding tert-OH is 1. The first kappa shape index (κ1) is 33.1. The Kier molecular flexibility index (Phi) is 10.1. The van der Waals surface area contributed by atoms with E-state index in [1.165, 1.54) is 35.0 Å². The Hall–Kier alpha value is -3.82. The highest BCUT2D eigenvalue weighted by Gasteiger charge is 2.33. The summed E-state index contributed by atoms with van der Waals surface area (Å²) >= 11 is 1.06. The molecule has 3 amide bonds. The van der Waals surface area contributed by atoms with E-state index >= 15 is 0 Å². The molecule has 0 saturated carbocycles. The van der Waals surface area contributed by atoms with Gasteiger partial charge in [-0.25, -0.2) is 13.2 Å². The van der Waals surface area contributed by atoms with Crippen molar-refractivity contribution in [2.75, 3.05) is 36.8 Å². The van der Waals surface area contributed by atoms with E-state index < -0.39 is 39.9 Å². The molecule has 3 N–H and O–H groups in total. The molecule has 2 heterocycles. The molecule has 2 aromatic carbocycles. The average molecular weight is 655 g/mol. The molecular weight excluding hydrogens is 621 g/mol. The third kappa shape index (κ3) is 8.01. The van der Waals surface area contributed by atoms with Crippen molar-refractivity contribution in [3.63, 3.8) is 0 Å². The summed E-state index contributed by atoms with van der Waals surface area (Å²) in [6, 6.07) is 10.7. The van der Waals surface area contributed by atoms with Crippen LogP contribution in [0.5, 0.6) is 5.75 Å². The highest BCUT2D eigenvalue weighted by molar-refractivity contribution is 7.94. The number of amides is 3. The van der Waals surface area contributed by atoms with Crippen molar-refractivity contribution in [1.29, 1.82) is 0 Å². The lowest BCUT2D eigenvalue weighted by molar-refractivity contribution is -0.137. The van der Waals surface area contributed by atoms with Crippen molar-refractivity contribution < 1.29 is 41.0 Å². The molecule has 1 aliphatic heterocycles. The fraction of sp³-hybridized carbons (Fsp3) is 0.379. The number of ether oxygens (including phenoxy) is 1. The zero-order valence-corrected chi connectivity index (χ0v) is 25.8. The average Bonchev–Trinajstić information content (AvgIpc) is 3.52. The van der Waals surface area contributed by atoms with E-state index in [9.17, 15) is 36.3 Å². The molecule has 3 atom stereocenters. The third-order valence-electron chi connectivity index (χ3n) is 7.19. The zero-order valence-electron chi connectivity index (χ0n) is 24.2. The van der Waals surface area contributed by atoms with Gasteiger partial charge in [-0.3, -0.25) is 9.52 Å². The van der Waals surface area contributed by atoms with Crippen LogP contribution in [0.1, 0.15) is 25.0 Å². The van der Waals surface area contributed by atoms with Gasteiger partial charge in [-0.2, -0.15) is 13.2 Å². The number of sulfonamides is 1. The van der Waals surface area contributed by atoms with Gasteiger partial charge in [-0.05, 0) is 60.8 Å². The summed E-state index contributed by atoms with van der Waals surface area (Å²) in [6.07, 6.45) is -5.29. The summed E-state index contributed by atoms with van der Waals surface area (Å²) < 4.78 is 73.3. The fourth-order valence-corrected chi connectivity index (χ4v) is 6.69. The van der Waals surface area contributed by atoms with Crippen molar-refractivity contribution in [3.05, 3.63) is 71.1 Å². The van der Waals surface area contributed by atoms with Crippen molar-refractivity contribution in [3.8, 4) is 5.75 Å². The Morgan fingerprint density at radius 3 is 2.48 bits per heavy atom. The summed E-state index contributed by atoms with van der Waals surface area (Å²) in [5, 5.41) is 14.1. The van der Waals surface area contributed by atoms with E-state index in [0.29, 0.717) is 11.3 Å². The van der Waals surface area contributed by atoms with Gasteiger partial charge in [-0.1, -0.05) is 13.0 Å². The van der Waals surface area contributed by atoms with Gasteiger partial charge in [-0.15, -0.1) is 11.3 Å². The topological polar surface area (TPSA) is 128 Å². The smallest absolute Gasteiger partial charge is 0.416 e. The highest BCUT2D eigenvalue weighted by atomic mass is 32.2. The summed E-state index contributed by atoms with van der Waals surface area (Å²) in [4.78, 5) is 29.2. The van der Waals surface area contributed by atoms with Crippen LogP contribution < -0.4 is 14.8 Å². The van der Waals surface area contributed by atoms with Crippen molar-refractivity contribution in [2.24, 2.45) is 5.92 Å². The maximum absolute atomic E-state index is 13.4. The maximum Gasteiger partial charge on any atom is 0.416 e. The molecule has 1 aromatic heterocycles. The molecule has 10 nitrogen and oxygen atoms in total. The van der Waals surface area contributed by atoms with Crippen molar-refractivity contribution in [1.82, 2.24) is 9.80 Å². The van der Waals surface area contributed by atoms with E-state index in [2.05, 4.69) is 10.0 Å². The van der Waals surface area contributed by atoms with Crippen LogP contribution in [0.2, 0.25) is 0 Å². The number of thiophene rings is 1. The molecule has 0 radical (unpaired) electrons. The molecule has 238 valence electrons. The molecule has 15 heteroatoms. The molecule has 3 aromatic rings. The van der Waals surface area contributed by atoms with Crippen LogP contribution in [-0.4, -0.2) is 74.2 Å². The standard InChI is InChI=1S/C29H33F3N4O6S2/c1-18-15-36(19(2)17-37)26(38)14-20-13-23(34-44(40,41)27-5-4-12-43-27)10-11-24(20)42-25(18)16-35(3)28(39)33-22-8-6-21(7-9-22)29(30,31)32/h4-13,18-19,25,34,37H,14-17H2,1-3H3,(H,33,39)/t18-,19+,25+/m0/s1. The van der Waals surface area contributed by atoms with Gasteiger partial charge in [0.15, 0.2) is 0 Å². The number of halogens is 3. The number of carbonyl (C=O) groups is 2. The summed E-state index contributed by atoms with van der Waals surface area (Å²) in [5.74, 6) is -0.308. The van der Waals surface area contributed by atoms with Crippen LogP contribution in [0.15, 0.2) is 64.2 Å². The zero-order chi connectivity index (χ0) is 32.2. The number of hydrogen-bond donors (Lipinski definition) is 3. The predicted octanol–water partition coefficient (Wildman–Crippen LogP) is 4.88. The monoisotopic (exact) mass is 654 g/mol. The van der Waals surface area contributed by atoms with Crippen LogP contribution in [0.4, 0.5) is 29.3 Å². The maximum atomic E-state index is 13.4. The lowest BCUT2D eigenvalue weighted by Gasteiger charge is -2.34. The SMILES string of the molecule is C[C@H](CO)N1C[C@H](C)[C@@H](CN(C)C(=O)Nc2ccc(C(F)(F)F)cc2)Oc2ccc(NS(=O)(=O)c3cccs3)cc2CC1=O. The summed E-state index contributed by atoms with van der Waals surface area (Å²) in [7, 11) is -2.35. The molecule has 0 bridgehead atoms. The molecule has 0 fully saturated rings. The number of anilines is 2. The van der Waals surface area contributed by atoms with Gasteiger partial charge in [0.2, 0.25) is 5.91 Å². The lowest BCUT2D eigenvalue weighted by atomic mass is 10.0.